The number of nitrogens with two attached hydrogens (primary N) is 2. The number of aromatic amines is 1. The van der Waals surface area contributed by atoms with Crippen LogP contribution in [0.5, 0.6) is 5.75 Å². The summed E-state index contributed by atoms with van der Waals surface area (Å²) in [6, 6.07) is 8.91. The molecule has 0 aliphatic carbocycles. The first-order chi connectivity index (χ1) is 11.8. The zero-order chi connectivity index (χ0) is 18.3. The van der Waals surface area contributed by atoms with Gasteiger partial charge in [0.25, 0.3) is 0 Å². The van der Waals surface area contributed by atoms with E-state index in [1.807, 2.05) is 19.1 Å². The van der Waals surface area contributed by atoms with E-state index in [4.69, 9.17) is 16.9 Å². The van der Waals surface area contributed by atoms with Crippen molar-refractivity contribution in [3.05, 3.63) is 51.5 Å². The van der Waals surface area contributed by atoms with Gasteiger partial charge in [-0.2, -0.15) is 0 Å². The molecule has 1 heterocycles. The number of fused-ring (bicyclic) bond motifs is 1. The maximum atomic E-state index is 11.6. The van der Waals surface area contributed by atoms with Crippen LogP contribution in [0.25, 0.3) is 22.2 Å². The van der Waals surface area contributed by atoms with Crippen LogP contribution in [0.1, 0.15) is 16.7 Å². The molecular formula is C18H17BrN4O2. The monoisotopic (exact) mass is 400 g/mol. The number of aryl methyl sites for hydroxylation is 1. The Labute approximate surface area is 152 Å². The van der Waals surface area contributed by atoms with Crippen molar-refractivity contribution in [2.45, 2.75) is 13.3 Å². The highest BCUT2D eigenvalue weighted by molar-refractivity contribution is 9.10. The molecular weight excluding hydrogens is 384 g/mol. The second kappa shape index (κ2) is 6.25. The fourth-order valence-electron chi connectivity index (χ4n) is 2.93. The number of phenols is 1. The average Bonchev–Trinajstić information content (AvgIpc) is 2.88. The van der Waals surface area contributed by atoms with Gasteiger partial charge in [0, 0.05) is 22.0 Å². The molecule has 3 aromatic rings. The number of aromatic nitrogens is 1. The van der Waals surface area contributed by atoms with Crippen LogP contribution in [0.4, 0.5) is 0 Å². The first-order valence-corrected chi connectivity index (χ1v) is 8.34. The van der Waals surface area contributed by atoms with Gasteiger partial charge in [0.15, 0.2) is 0 Å². The number of carbonyl (C=O) groups is 1. The molecule has 0 radical (unpaired) electrons. The fourth-order valence-corrected chi connectivity index (χ4v) is 3.50. The summed E-state index contributed by atoms with van der Waals surface area (Å²) >= 11 is 3.34. The van der Waals surface area contributed by atoms with E-state index in [1.54, 1.807) is 18.2 Å². The number of hydrogen-bond donors (Lipinski definition) is 5. The highest BCUT2D eigenvalue weighted by Gasteiger charge is 2.19. The van der Waals surface area contributed by atoms with Gasteiger partial charge in [-0.05, 0) is 64.3 Å². The van der Waals surface area contributed by atoms with Gasteiger partial charge in [-0.15, -0.1) is 0 Å². The van der Waals surface area contributed by atoms with Gasteiger partial charge >= 0.3 is 0 Å². The van der Waals surface area contributed by atoms with E-state index >= 15 is 0 Å². The third-order valence-corrected chi connectivity index (χ3v) is 4.65. The topological polar surface area (TPSA) is 129 Å². The standard InChI is InChI=1S/C18H17BrN4O2/c1-8-4-12(17(25)13(19)5-8)16-11(7-15(20)24)10-6-9(18(21)22)2-3-14(10)23-16/h2-6,23,25H,7H2,1H3,(H2,20,24)(H3,21,22). The smallest absolute Gasteiger partial charge is 0.221 e. The van der Waals surface area contributed by atoms with Gasteiger partial charge in [-0.1, -0.05) is 0 Å². The van der Waals surface area contributed by atoms with E-state index in [0.717, 1.165) is 16.5 Å². The van der Waals surface area contributed by atoms with Crippen molar-refractivity contribution < 1.29 is 9.90 Å². The lowest BCUT2D eigenvalue weighted by atomic mass is 9.99. The number of nitrogen functional groups attached to an aromatic ring is 1. The van der Waals surface area contributed by atoms with E-state index in [1.165, 1.54) is 0 Å². The van der Waals surface area contributed by atoms with Crippen LogP contribution in [0.3, 0.4) is 0 Å². The molecule has 0 saturated heterocycles. The van der Waals surface area contributed by atoms with Crippen LogP contribution in [-0.2, 0) is 11.2 Å². The maximum Gasteiger partial charge on any atom is 0.221 e. The first-order valence-electron chi connectivity index (χ1n) is 7.54. The van der Waals surface area contributed by atoms with Crippen LogP contribution < -0.4 is 11.5 Å². The number of rotatable bonds is 4. The molecule has 0 aliphatic rings. The highest BCUT2D eigenvalue weighted by atomic mass is 79.9. The second-order valence-electron chi connectivity index (χ2n) is 5.94. The summed E-state index contributed by atoms with van der Waals surface area (Å²) in [6.45, 7) is 1.91. The lowest BCUT2D eigenvalue weighted by molar-refractivity contribution is -0.117. The number of amides is 1. The van der Waals surface area contributed by atoms with Crippen molar-refractivity contribution >= 4 is 38.6 Å². The van der Waals surface area contributed by atoms with Crippen LogP contribution >= 0.6 is 15.9 Å². The molecule has 0 fully saturated rings. The Morgan fingerprint density at radius 1 is 1.28 bits per heavy atom. The maximum absolute atomic E-state index is 11.6. The second-order valence-corrected chi connectivity index (χ2v) is 6.79. The first kappa shape index (κ1) is 17.0. The Bertz CT molecular complexity index is 1020. The lowest BCUT2D eigenvalue weighted by Gasteiger charge is -2.09. The molecule has 1 amide bonds. The number of amidine groups is 1. The summed E-state index contributed by atoms with van der Waals surface area (Å²) in [4.78, 5) is 14.8. The molecule has 7 heteroatoms. The molecule has 1 aromatic heterocycles. The molecule has 0 bridgehead atoms. The van der Waals surface area contributed by atoms with Crippen LogP contribution in [0.15, 0.2) is 34.8 Å². The Morgan fingerprint density at radius 2 is 2.00 bits per heavy atom. The summed E-state index contributed by atoms with van der Waals surface area (Å²) in [5.41, 5.74) is 15.1. The van der Waals surface area contributed by atoms with E-state index in [9.17, 15) is 9.90 Å². The summed E-state index contributed by atoms with van der Waals surface area (Å²) in [7, 11) is 0. The highest BCUT2D eigenvalue weighted by Crippen LogP contribution is 2.40. The van der Waals surface area contributed by atoms with Gasteiger partial charge < -0.3 is 21.6 Å². The quantitative estimate of drug-likeness (QED) is 0.340. The predicted molar refractivity (Wildman–Crippen MR) is 102 cm³/mol. The molecule has 6 nitrogen and oxygen atoms in total. The number of H-pyrrole nitrogens is 1. The van der Waals surface area contributed by atoms with E-state index in [0.29, 0.717) is 26.9 Å². The summed E-state index contributed by atoms with van der Waals surface area (Å²) in [6.07, 6.45) is 0.00168. The minimum atomic E-state index is -0.485. The minimum absolute atomic E-state index is 0.00168. The van der Waals surface area contributed by atoms with Gasteiger partial charge in [0.05, 0.1) is 16.6 Å². The third kappa shape index (κ3) is 3.10. The molecule has 0 unspecified atom stereocenters. The van der Waals surface area contributed by atoms with Gasteiger partial charge in [0.1, 0.15) is 11.6 Å². The average molecular weight is 401 g/mol. The van der Waals surface area contributed by atoms with Crippen LogP contribution in [0, 0.1) is 12.3 Å². The molecule has 3 rings (SSSR count). The predicted octanol–water partition coefficient (Wildman–Crippen LogP) is 2.92. The zero-order valence-corrected chi connectivity index (χ0v) is 15.1. The van der Waals surface area contributed by atoms with Gasteiger partial charge in [0.2, 0.25) is 5.91 Å². The van der Waals surface area contributed by atoms with Crippen molar-refractivity contribution in [1.29, 1.82) is 5.41 Å². The molecule has 25 heavy (non-hydrogen) atoms. The summed E-state index contributed by atoms with van der Waals surface area (Å²) in [5.74, 6) is -0.466. The summed E-state index contributed by atoms with van der Waals surface area (Å²) < 4.78 is 0.565. The molecule has 7 N–H and O–H groups in total. The number of phenolic OH excluding ortho intramolecular Hbond substituents is 1. The molecule has 2 aromatic carbocycles. The van der Waals surface area contributed by atoms with Crippen molar-refractivity contribution in [3.8, 4) is 17.0 Å². The van der Waals surface area contributed by atoms with Crippen LogP contribution in [-0.4, -0.2) is 21.8 Å². The molecule has 0 saturated carbocycles. The number of halogens is 1. The fraction of sp³-hybridized carbons (Fsp3) is 0.111. The van der Waals surface area contributed by atoms with E-state index in [-0.39, 0.29) is 18.0 Å². The molecule has 128 valence electrons. The number of aromatic hydroxyl groups is 1. The largest absolute Gasteiger partial charge is 0.506 e. The molecule has 0 atom stereocenters. The summed E-state index contributed by atoms with van der Waals surface area (Å²) in [5, 5.41) is 18.8. The number of hydrogen-bond acceptors (Lipinski definition) is 3. The van der Waals surface area contributed by atoms with Gasteiger partial charge in [-0.25, -0.2) is 0 Å². The third-order valence-electron chi connectivity index (χ3n) is 4.05. The van der Waals surface area contributed by atoms with E-state index in [2.05, 4.69) is 20.9 Å². The van der Waals surface area contributed by atoms with Crippen LogP contribution in [0.2, 0.25) is 0 Å². The SMILES string of the molecule is Cc1cc(Br)c(O)c(-c2[nH]c3ccc(C(=N)N)cc3c2CC(N)=O)c1. The van der Waals surface area contributed by atoms with Crippen molar-refractivity contribution in [1.82, 2.24) is 4.98 Å². The van der Waals surface area contributed by atoms with Gasteiger partial charge in [-0.3, -0.25) is 10.2 Å². The number of benzene rings is 2. The minimum Gasteiger partial charge on any atom is -0.506 e. The number of primary amides is 1. The Morgan fingerprint density at radius 3 is 2.64 bits per heavy atom. The number of carbonyl (C=O) groups excluding carboxylic acids is 1. The molecule has 0 aliphatic heterocycles. The number of nitrogens with one attached hydrogen (secondary N) is 2. The molecule has 0 spiro atoms. The van der Waals surface area contributed by atoms with E-state index < -0.39 is 5.91 Å². The van der Waals surface area contributed by atoms with Crippen molar-refractivity contribution in [3.63, 3.8) is 0 Å². The lowest BCUT2D eigenvalue weighted by Crippen LogP contribution is -2.14. The van der Waals surface area contributed by atoms with Crippen molar-refractivity contribution in [2.75, 3.05) is 0 Å². The Balaban J connectivity index is 2.35. The normalized spacial score (nSPS) is 11.0. The van der Waals surface area contributed by atoms with Crippen molar-refractivity contribution in [2.24, 2.45) is 11.5 Å². The Hall–Kier alpha value is -2.80. The Kier molecular flexibility index (Phi) is 4.26. The zero-order valence-electron chi connectivity index (χ0n) is 13.5.